The molecule has 1 N–H and O–H groups in total. The molecule has 0 amide bonds. The molecule has 0 aromatic carbocycles. The summed E-state index contributed by atoms with van der Waals surface area (Å²) < 4.78 is 22.6. The van der Waals surface area contributed by atoms with Crippen LogP contribution in [0, 0.1) is 18.3 Å². The van der Waals surface area contributed by atoms with Crippen LogP contribution < -0.4 is 5.32 Å². The van der Waals surface area contributed by atoms with Crippen LogP contribution in [0.5, 0.6) is 0 Å². The quantitative estimate of drug-likeness (QED) is 0.870. The van der Waals surface area contributed by atoms with E-state index in [4.69, 9.17) is 5.26 Å². The maximum atomic E-state index is 11.3. The molecule has 18 heavy (non-hydrogen) atoms. The number of hydrogen-bond acceptors (Lipinski definition) is 5. The van der Waals surface area contributed by atoms with Gasteiger partial charge in [-0.25, -0.2) is 13.4 Å². The maximum absolute atomic E-state index is 11.3. The first-order chi connectivity index (χ1) is 8.48. The van der Waals surface area contributed by atoms with Gasteiger partial charge in [-0.2, -0.15) is 5.26 Å². The molecule has 2 heterocycles. The summed E-state index contributed by atoms with van der Waals surface area (Å²) in [6, 6.07) is 5.61. The molecule has 96 valence electrons. The van der Waals surface area contributed by atoms with Gasteiger partial charge in [0, 0.05) is 11.7 Å². The Morgan fingerprint density at radius 1 is 1.39 bits per heavy atom. The summed E-state index contributed by atoms with van der Waals surface area (Å²) in [4.78, 5) is 4.30. The Labute approximate surface area is 107 Å². The Kier molecular flexibility index (Phi) is 3.53. The largest absolute Gasteiger partial charge is 0.367 e. The normalized spacial score (nSPS) is 19.1. The molecule has 1 aromatic rings. The molecule has 0 atom stereocenters. The minimum absolute atomic E-state index is 0.120. The van der Waals surface area contributed by atoms with E-state index in [1.54, 1.807) is 12.1 Å². The lowest BCUT2D eigenvalue weighted by atomic mass is 10.1. The lowest BCUT2D eigenvalue weighted by Gasteiger charge is -2.23. The standard InChI is InChI=1S/C12H15N3O2S/c1-9-6-10(8-13)7-12(14-9)15-11-2-4-18(16,17)5-3-11/h6-7,11H,2-5H2,1H3,(H,14,15). The van der Waals surface area contributed by atoms with Gasteiger partial charge in [0.15, 0.2) is 0 Å². The second kappa shape index (κ2) is 4.94. The minimum atomic E-state index is -2.84. The third kappa shape index (κ3) is 3.20. The highest BCUT2D eigenvalue weighted by Gasteiger charge is 2.23. The molecule has 0 unspecified atom stereocenters. The number of nitriles is 1. The van der Waals surface area contributed by atoms with E-state index in [-0.39, 0.29) is 17.5 Å². The van der Waals surface area contributed by atoms with Crippen LogP contribution in [0.2, 0.25) is 0 Å². The molecule has 1 aromatic heterocycles. The van der Waals surface area contributed by atoms with E-state index in [2.05, 4.69) is 16.4 Å². The number of pyridine rings is 1. The number of hydrogen-bond donors (Lipinski definition) is 1. The van der Waals surface area contributed by atoms with Crippen molar-refractivity contribution in [2.75, 3.05) is 16.8 Å². The van der Waals surface area contributed by atoms with Crippen molar-refractivity contribution in [3.8, 4) is 6.07 Å². The van der Waals surface area contributed by atoms with Gasteiger partial charge in [-0.1, -0.05) is 0 Å². The first kappa shape index (κ1) is 12.8. The average Bonchev–Trinajstić information content (AvgIpc) is 2.31. The highest BCUT2D eigenvalue weighted by Crippen LogP contribution is 2.17. The third-order valence-corrected chi connectivity index (χ3v) is 4.70. The lowest BCUT2D eigenvalue weighted by Crippen LogP contribution is -2.32. The first-order valence-corrected chi connectivity index (χ1v) is 7.66. The van der Waals surface area contributed by atoms with Crippen molar-refractivity contribution in [1.82, 2.24) is 4.98 Å². The Morgan fingerprint density at radius 3 is 2.67 bits per heavy atom. The van der Waals surface area contributed by atoms with Gasteiger partial charge in [0.2, 0.25) is 0 Å². The van der Waals surface area contributed by atoms with Crippen LogP contribution in [-0.4, -0.2) is 30.9 Å². The molecule has 0 radical (unpaired) electrons. The number of aromatic nitrogens is 1. The fourth-order valence-electron chi connectivity index (χ4n) is 2.05. The molecular formula is C12H15N3O2S. The van der Waals surface area contributed by atoms with Crippen molar-refractivity contribution in [2.24, 2.45) is 0 Å². The van der Waals surface area contributed by atoms with Crippen molar-refractivity contribution in [3.05, 3.63) is 23.4 Å². The van der Waals surface area contributed by atoms with Crippen LogP contribution in [0.1, 0.15) is 24.1 Å². The Bertz CT molecular complexity index is 576. The summed E-state index contributed by atoms with van der Waals surface area (Å²) in [6.45, 7) is 1.83. The molecule has 5 nitrogen and oxygen atoms in total. The van der Waals surface area contributed by atoms with E-state index in [1.807, 2.05) is 6.92 Å². The molecule has 0 saturated carbocycles. The molecule has 0 bridgehead atoms. The summed E-state index contributed by atoms with van der Waals surface area (Å²) in [7, 11) is -2.84. The van der Waals surface area contributed by atoms with E-state index < -0.39 is 9.84 Å². The zero-order valence-electron chi connectivity index (χ0n) is 10.2. The monoisotopic (exact) mass is 265 g/mol. The van der Waals surface area contributed by atoms with Gasteiger partial charge >= 0.3 is 0 Å². The van der Waals surface area contributed by atoms with Crippen molar-refractivity contribution in [2.45, 2.75) is 25.8 Å². The highest BCUT2D eigenvalue weighted by atomic mass is 32.2. The zero-order chi connectivity index (χ0) is 13.2. The average molecular weight is 265 g/mol. The Hall–Kier alpha value is -1.61. The second-order valence-corrected chi connectivity index (χ2v) is 6.87. The molecule has 1 aliphatic heterocycles. The molecule has 6 heteroatoms. The van der Waals surface area contributed by atoms with E-state index in [0.717, 1.165) is 5.69 Å². The zero-order valence-corrected chi connectivity index (χ0v) is 11.0. The maximum Gasteiger partial charge on any atom is 0.150 e. The number of anilines is 1. The van der Waals surface area contributed by atoms with Gasteiger partial charge in [0.1, 0.15) is 15.7 Å². The van der Waals surface area contributed by atoms with Gasteiger partial charge in [-0.15, -0.1) is 0 Å². The van der Waals surface area contributed by atoms with Crippen molar-refractivity contribution in [3.63, 3.8) is 0 Å². The minimum Gasteiger partial charge on any atom is -0.367 e. The summed E-state index contributed by atoms with van der Waals surface area (Å²) in [5, 5.41) is 12.1. The molecule has 0 aliphatic carbocycles. The van der Waals surface area contributed by atoms with Crippen LogP contribution >= 0.6 is 0 Å². The number of nitrogens with zero attached hydrogens (tertiary/aromatic N) is 2. The molecule has 1 saturated heterocycles. The van der Waals surface area contributed by atoms with Gasteiger partial charge < -0.3 is 5.32 Å². The van der Waals surface area contributed by atoms with Crippen LogP contribution in [0.4, 0.5) is 5.82 Å². The van der Waals surface area contributed by atoms with Crippen molar-refractivity contribution in [1.29, 1.82) is 5.26 Å². The Balaban J connectivity index is 2.07. The van der Waals surface area contributed by atoms with E-state index in [9.17, 15) is 8.42 Å². The number of aryl methyl sites for hydroxylation is 1. The number of nitrogens with one attached hydrogen (secondary N) is 1. The molecule has 1 aliphatic rings. The molecule has 2 rings (SSSR count). The fourth-order valence-corrected chi connectivity index (χ4v) is 3.54. The van der Waals surface area contributed by atoms with Crippen LogP contribution in [-0.2, 0) is 9.84 Å². The first-order valence-electron chi connectivity index (χ1n) is 5.84. The fraction of sp³-hybridized carbons (Fsp3) is 0.500. The van der Waals surface area contributed by atoms with Gasteiger partial charge in [-0.3, -0.25) is 0 Å². The van der Waals surface area contributed by atoms with Gasteiger partial charge in [0.25, 0.3) is 0 Å². The lowest BCUT2D eigenvalue weighted by molar-refractivity contribution is 0.559. The van der Waals surface area contributed by atoms with Crippen molar-refractivity contribution >= 4 is 15.7 Å². The van der Waals surface area contributed by atoms with Crippen LogP contribution in [0.25, 0.3) is 0 Å². The Morgan fingerprint density at radius 2 is 2.06 bits per heavy atom. The smallest absolute Gasteiger partial charge is 0.150 e. The van der Waals surface area contributed by atoms with Gasteiger partial charge in [-0.05, 0) is 31.9 Å². The van der Waals surface area contributed by atoms with E-state index in [1.165, 1.54) is 0 Å². The number of sulfone groups is 1. The van der Waals surface area contributed by atoms with Crippen LogP contribution in [0.15, 0.2) is 12.1 Å². The van der Waals surface area contributed by atoms with E-state index >= 15 is 0 Å². The molecule has 1 fully saturated rings. The van der Waals surface area contributed by atoms with Crippen molar-refractivity contribution < 1.29 is 8.42 Å². The predicted molar refractivity (Wildman–Crippen MR) is 69.0 cm³/mol. The summed E-state index contributed by atoms with van der Waals surface area (Å²) in [5.74, 6) is 1.10. The third-order valence-electron chi connectivity index (χ3n) is 2.99. The van der Waals surface area contributed by atoms with E-state index in [0.29, 0.717) is 24.2 Å². The number of rotatable bonds is 2. The SMILES string of the molecule is Cc1cc(C#N)cc(NC2CCS(=O)(=O)CC2)n1. The highest BCUT2D eigenvalue weighted by molar-refractivity contribution is 7.91. The second-order valence-electron chi connectivity index (χ2n) is 4.56. The molecular weight excluding hydrogens is 250 g/mol. The topological polar surface area (TPSA) is 82.9 Å². The summed E-state index contributed by atoms with van der Waals surface area (Å²) in [6.07, 6.45) is 1.19. The summed E-state index contributed by atoms with van der Waals surface area (Å²) >= 11 is 0. The molecule has 0 spiro atoms. The van der Waals surface area contributed by atoms with Gasteiger partial charge in [0.05, 0.1) is 23.1 Å². The predicted octanol–water partition coefficient (Wildman–Crippen LogP) is 1.25. The summed E-state index contributed by atoms with van der Waals surface area (Å²) in [5.41, 5.74) is 1.34. The van der Waals surface area contributed by atoms with Crippen LogP contribution in [0.3, 0.4) is 0 Å².